The van der Waals surface area contributed by atoms with Gasteiger partial charge >= 0.3 is 0 Å². The molecule has 6 nitrogen and oxygen atoms in total. The number of anilines is 1. The van der Waals surface area contributed by atoms with Crippen LogP contribution in [0.4, 0.5) is 5.69 Å². The van der Waals surface area contributed by atoms with Gasteiger partial charge in [0.05, 0.1) is 6.20 Å². The van der Waals surface area contributed by atoms with Gasteiger partial charge < -0.3 is 10.1 Å². The Kier molecular flexibility index (Phi) is 3.60. The van der Waals surface area contributed by atoms with Gasteiger partial charge in [0.1, 0.15) is 11.5 Å². The third-order valence-electron chi connectivity index (χ3n) is 2.72. The van der Waals surface area contributed by atoms with Gasteiger partial charge in [0, 0.05) is 11.8 Å². The number of para-hydroxylation sites is 1. The summed E-state index contributed by atoms with van der Waals surface area (Å²) in [6, 6.07) is 16.6. The predicted octanol–water partition coefficient (Wildman–Crippen LogP) is 2.85. The molecule has 6 heteroatoms. The number of nitrogens with zero attached hydrogens (tertiary/aromatic N) is 2. The summed E-state index contributed by atoms with van der Waals surface area (Å²) < 4.78 is 5.71. The monoisotopic (exact) mass is 280 g/mol. The number of carbonyl (C=O) groups excluding carboxylic acids is 1. The highest BCUT2D eigenvalue weighted by Gasteiger charge is 2.09. The molecule has 0 radical (unpaired) electrons. The van der Waals surface area contributed by atoms with Crippen molar-refractivity contribution in [2.75, 3.05) is 5.32 Å². The second-order valence-electron chi connectivity index (χ2n) is 4.25. The maximum absolute atomic E-state index is 11.9. The minimum absolute atomic E-state index is 0.226. The van der Waals surface area contributed by atoms with Gasteiger partial charge in [-0.2, -0.15) is 15.4 Å². The molecular formula is C15H12N4O2. The fourth-order valence-electron chi connectivity index (χ4n) is 1.77. The number of aromatic nitrogens is 3. The standard InChI is InChI=1S/C15H12N4O2/c20-15(14-10-16-19-18-14)17-11-5-4-8-13(9-11)21-12-6-2-1-3-7-12/h1-10H,(H,17,20)(H,16,18,19). The van der Waals surface area contributed by atoms with Crippen molar-refractivity contribution >= 4 is 11.6 Å². The maximum Gasteiger partial charge on any atom is 0.277 e. The van der Waals surface area contributed by atoms with Crippen LogP contribution < -0.4 is 10.1 Å². The Morgan fingerprint density at radius 3 is 2.62 bits per heavy atom. The van der Waals surface area contributed by atoms with E-state index in [0.717, 1.165) is 5.75 Å². The molecule has 0 saturated heterocycles. The number of ether oxygens (including phenoxy) is 1. The molecule has 3 rings (SSSR count). The molecule has 0 saturated carbocycles. The molecule has 21 heavy (non-hydrogen) atoms. The zero-order valence-electron chi connectivity index (χ0n) is 11.0. The number of rotatable bonds is 4. The van der Waals surface area contributed by atoms with Crippen LogP contribution in [0, 0.1) is 0 Å². The summed E-state index contributed by atoms with van der Waals surface area (Å²) in [6.45, 7) is 0. The Balaban J connectivity index is 1.73. The average molecular weight is 280 g/mol. The highest BCUT2D eigenvalue weighted by molar-refractivity contribution is 6.02. The van der Waals surface area contributed by atoms with Gasteiger partial charge in [0.15, 0.2) is 5.69 Å². The number of hydrogen-bond acceptors (Lipinski definition) is 4. The van der Waals surface area contributed by atoms with Crippen molar-refractivity contribution in [3.63, 3.8) is 0 Å². The molecule has 0 aliphatic carbocycles. The van der Waals surface area contributed by atoms with Crippen molar-refractivity contribution in [3.8, 4) is 11.5 Å². The second-order valence-corrected chi connectivity index (χ2v) is 4.25. The quantitative estimate of drug-likeness (QED) is 0.770. The highest BCUT2D eigenvalue weighted by Crippen LogP contribution is 2.23. The Labute approximate surface area is 120 Å². The molecule has 0 atom stereocenters. The SMILES string of the molecule is O=C(Nc1cccc(Oc2ccccc2)c1)c1cn[nH]n1. The number of aromatic amines is 1. The fraction of sp³-hybridized carbons (Fsp3) is 0. The number of carbonyl (C=O) groups is 1. The lowest BCUT2D eigenvalue weighted by Gasteiger charge is -2.08. The summed E-state index contributed by atoms with van der Waals surface area (Å²) in [5.74, 6) is 1.04. The number of hydrogen-bond donors (Lipinski definition) is 2. The molecule has 1 amide bonds. The van der Waals surface area contributed by atoms with E-state index < -0.39 is 0 Å². The van der Waals surface area contributed by atoms with Crippen molar-refractivity contribution in [1.29, 1.82) is 0 Å². The molecule has 0 aliphatic rings. The fourth-order valence-corrected chi connectivity index (χ4v) is 1.77. The molecule has 2 aromatic carbocycles. The molecule has 1 aromatic heterocycles. The number of nitrogens with one attached hydrogen (secondary N) is 2. The largest absolute Gasteiger partial charge is 0.457 e. The first-order chi connectivity index (χ1) is 10.3. The van der Waals surface area contributed by atoms with Crippen molar-refractivity contribution < 1.29 is 9.53 Å². The molecule has 0 fully saturated rings. The highest BCUT2D eigenvalue weighted by atomic mass is 16.5. The maximum atomic E-state index is 11.9. The lowest BCUT2D eigenvalue weighted by Crippen LogP contribution is -2.12. The van der Waals surface area contributed by atoms with Crippen LogP contribution in [0.5, 0.6) is 11.5 Å². The summed E-state index contributed by atoms with van der Waals surface area (Å²) >= 11 is 0. The zero-order valence-corrected chi connectivity index (χ0v) is 11.0. The van der Waals surface area contributed by atoms with Gasteiger partial charge in [0.25, 0.3) is 5.91 Å². The summed E-state index contributed by atoms with van der Waals surface area (Å²) in [6.07, 6.45) is 1.36. The summed E-state index contributed by atoms with van der Waals surface area (Å²) in [7, 11) is 0. The van der Waals surface area contributed by atoms with Gasteiger partial charge in [-0.3, -0.25) is 4.79 Å². The predicted molar refractivity (Wildman–Crippen MR) is 77.3 cm³/mol. The molecule has 0 aliphatic heterocycles. The van der Waals surface area contributed by atoms with Crippen molar-refractivity contribution in [2.24, 2.45) is 0 Å². The van der Waals surface area contributed by atoms with E-state index in [1.165, 1.54) is 6.20 Å². The van der Waals surface area contributed by atoms with Gasteiger partial charge in [-0.05, 0) is 24.3 Å². The van der Waals surface area contributed by atoms with Crippen LogP contribution in [0.3, 0.4) is 0 Å². The van der Waals surface area contributed by atoms with Gasteiger partial charge in [-0.15, -0.1) is 0 Å². The summed E-state index contributed by atoms with van der Waals surface area (Å²) in [4.78, 5) is 11.9. The van der Waals surface area contributed by atoms with E-state index in [1.54, 1.807) is 18.2 Å². The van der Waals surface area contributed by atoms with E-state index in [-0.39, 0.29) is 11.6 Å². The van der Waals surface area contributed by atoms with E-state index in [2.05, 4.69) is 20.7 Å². The lowest BCUT2D eigenvalue weighted by atomic mass is 10.3. The Bertz CT molecular complexity index is 726. The van der Waals surface area contributed by atoms with Crippen LogP contribution >= 0.6 is 0 Å². The Hall–Kier alpha value is -3.15. The summed E-state index contributed by atoms with van der Waals surface area (Å²) in [5, 5.41) is 12.4. The van der Waals surface area contributed by atoms with Crippen LogP contribution in [0.15, 0.2) is 60.8 Å². The number of H-pyrrole nitrogens is 1. The van der Waals surface area contributed by atoms with Crippen LogP contribution in [-0.2, 0) is 0 Å². The van der Waals surface area contributed by atoms with Crippen LogP contribution in [0.25, 0.3) is 0 Å². The summed E-state index contributed by atoms with van der Waals surface area (Å²) in [5.41, 5.74) is 0.848. The molecule has 1 heterocycles. The van der Waals surface area contributed by atoms with E-state index in [1.807, 2.05) is 36.4 Å². The first-order valence-corrected chi connectivity index (χ1v) is 6.31. The van der Waals surface area contributed by atoms with E-state index in [0.29, 0.717) is 11.4 Å². The van der Waals surface area contributed by atoms with Gasteiger partial charge in [-0.25, -0.2) is 0 Å². The molecular weight excluding hydrogens is 268 g/mol. The topological polar surface area (TPSA) is 79.9 Å². The zero-order chi connectivity index (χ0) is 14.5. The minimum atomic E-state index is -0.333. The van der Waals surface area contributed by atoms with Gasteiger partial charge in [-0.1, -0.05) is 24.3 Å². The molecule has 0 spiro atoms. The molecule has 3 aromatic rings. The Morgan fingerprint density at radius 1 is 1.05 bits per heavy atom. The van der Waals surface area contributed by atoms with Crippen molar-refractivity contribution in [2.45, 2.75) is 0 Å². The first-order valence-electron chi connectivity index (χ1n) is 6.31. The van der Waals surface area contributed by atoms with E-state index >= 15 is 0 Å². The van der Waals surface area contributed by atoms with Crippen molar-refractivity contribution in [3.05, 3.63) is 66.5 Å². The Morgan fingerprint density at radius 2 is 1.86 bits per heavy atom. The van der Waals surface area contributed by atoms with Gasteiger partial charge in [0.2, 0.25) is 0 Å². The smallest absolute Gasteiger partial charge is 0.277 e. The lowest BCUT2D eigenvalue weighted by molar-refractivity contribution is 0.102. The molecule has 2 N–H and O–H groups in total. The molecule has 0 unspecified atom stereocenters. The minimum Gasteiger partial charge on any atom is -0.457 e. The van der Waals surface area contributed by atoms with E-state index in [9.17, 15) is 4.79 Å². The third-order valence-corrected chi connectivity index (χ3v) is 2.72. The average Bonchev–Trinajstić information content (AvgIpc) is 3.03. The molecule has 0 bridgehead atoms. The van der Waals surface area contributed by atoms with E-state index in [4.69, 9.17) is 4.74 Å². The number of amides is 1. The third kappa shape index (κ3) is 3.24. The normalized spacial score (nSPS) is 10.1. The first kappa shape index (κ1) is 12.9. The van der Waals surface area contributed by atoms with Crippen molar-refractivity contribution in [1.82, 2.24) is 15.4 Å². The van der Waals surface area contributed by atoms with Crippen LogP contribution in [0.1, 0.15) is 10.5 Å². The van der Waals surface area contributed by atoms with Crippen LogP contribution in [0.2, 0.25) is 0 Å². The van der Waals surface area contributed by atoms with Crippen LogP contribution in [-0.4, -0.2) is 21.3 Å². The molecule has 104 valence electrons. The second kappa shape index (κ2) is 5.87. The number of benzene rings is 2.